The average Bonchev–Trinajstić information content (AvgIpc) is 3.14. The molecule has 19 heavy (non-hydrogen) atoms. The Morgan fingerprint density at radius 3 is 2.95 bits per heavy atom. The van der Waals surface area contributed by atoms with Crippen molar-refractivity contribution < 1.29 is 4.79 Å². The number of hydrogen-bond acceptors (Lipinski definition) is 3. The van der Waals surface area contributed by atoms with E-state index in [9.17, 15) is 4.79 Å². The summed E-state index contributed by atoms with van der Waals surface area (Å²) in [6.07, 6.45) is 3.73. The molecule has 0 aliphatic heterocycles. The van der Waals surface area contributed by atoms with Crippen LogP contribution in [0, 0.1) is 12.8 Å². The summed E-state index contributed by atoms with van der Waals surface area (Å²) in [7, 11) is 0. The third-order valence-electron chi connectivity index (χ3n) is 3.69. The quantitative estimate of drug-likeness (QED) is 0.898. The van der Waals surface area contributed by atoms with Gasteiger partial charge in [-0.15, -0.1) is 11.3 Å². The van der Waals surface area contributed by atoms with Gasteiger partial charge in [0.05, 0.1) is 5.69 Å². The van der Waals surface area contributed by atoms with Gasteiger partial charge in [-0.1, -0.05) is 31.0 Å². The van der Waals surface area contributed by atoms with Crippen molar-refractivity contribution in [2.45, 2.75) is 26.2 Å². The molecule has 0 saturated heterocycles. The van der Waals surface area contributed by atoms with Gasteiger partial charge in [0.15, 0.2) is 0 Å². The fourth-order valence-corrected chi connectivity index (χ4v) is 3.43. The third kappa shape index (κ3) is 2.45. The highest BCUT2D eigenvalue weighted by Gasteiger charge is 2.21. The van der Waals surface area contributed by atoms with E-state index >= 15 is 0 Å². The van der Waals surface area contributed by atoms with Gasteiger partial charge in [-0.25, -0.2) is 0 Å². The number of fused-ring (bicyclic) bond motifs is 1. The molecule has 100 valence electrons. The van der Waals surface area contributed by atoms with Gasteiger partial charge >= 0.3 is 0 Å². The Kier molecular flexibility index (Phi) is 3.19. The molecule has 3 rings (SSSR count). The van der Waals surface area contributed by atoms with Crippen molar-refractivity contribution in [2.75, 3.05) is 12.3 Å². The Hall–Kier alpha value is -1.55. The zero-order valence-electron chi connectivity index (χ0n) is 11.0. The van der Waals surface area contributed by atoms with E-state index in [1.807, 2.05) is 25.1 Å². The summed E-state index contributed by atoms with van der Waals surface area (Å²) in [4.78, 5) is 12.8. The van der Waals surface area contributed by atoms with Crippen LogP contribution in [-0.4, -0.2) is 12.5 Å². The SMILES string of the molecule is Cc1cccc2c(N)c(C(=O)NCCC3CC3)sc12. The molecule has 1 amide bonds. The molecule has 0 bridgehead atoms. The van der Waals surface area contributed by atoms with Crippen LogP contribution in [0.2, 0.25) is 0 Å². The topological polar surface area (TPSA) is 55.1 Å². The molecule has 0 unspecified atom stereocenters. The second-order valence-electron chi connectivity index (χ2n) is 5.28. The number of anilines is 1. The maximum atomic E-state index is 12.2. The predicted molar refractivity (Wildman–Crippen MR) is 80.6 cm³/mol. The summed E-state index contributed by atoms with van der Waals surface area (Å²) in [5.74, 6) is 0.807. The molecular formula is C15H18N2OS. The lowest BCUT2D eigenvalue weighted by Gasteiger charge is -2.03. The van der Waals surface area contributed by atoms with Crippen molar-refractivity contribution in [1.82, 2.24) is 5.32 Å². The van der Waals surface area contributed by atoms with Crippen LogP contribution < -0.4 is 11.1 Å². The van der Waals surface area contributed by atoms with Crippen LogP contribution in [0.1, 0.15) is 34.5 Å². The normalized spacial score (nSPS) is 14.8. The molecule has 3 N–H and O–H groups in total. The minimum absolute atomic E-state index is 0.0289. The number of rotatable bonds is 4. The van der Waals surface area contributed by atoms with Crippen LogP contribution in [0.4, 0.5) is 5.69 Å². The van der Waals surface area contributed by atoms with Crippen LogP contribution in [0.15, 0.2) is 18.2 Å². The summed E-state index contributed by atoms with van der Waals surface area (Å²) >= 11 is 1.50. The molecule has 0 radical (unpaired) electrons. The van der Waals surface area contributed by atoms with Crippen LogP contribution in [0.25, 0.3) is 10.1 Å². The van der Waals surface area contributed by atoms with E-state index in [0.717, 1.165) is 29.0 Å². The molecule has 1 aliphatic rings. The maximum Gasteiger partial charge on any atom is 0.263 e. The highest BCUT2D eigenvalue weighted by Crippen LogP contribution is 2.35. The first-order valence-corrected chi connectivity index (χ1v) is 7.54. The van der Waals surface area contributed by atoms with Gasteiger partial charge in [0.25, 0.3) is 5.91 Å². The second-order valence-corrected chi connectivity index (χ2v) is 6.31. The lowest BCUT2D eigenvalue weighted by molar-refractivity contribution is 0.0957. The van der Waals surface area contributed by atoms with Gasteiger partial charge in [-0.05, 0) is 24.8 Å². The fourth-order valence-electron chi connectivity index (χ4n) is 2.32. The minimum Gasteiger partial charge on any atom is -0.397 e. The number of thiophene rings is 1. The van der Waals surface area contributed by atoms with Gasteiger partial charge in [-0.3, -0.25) is 4.79 Å². The Morgan fingerprint density at radius 1 is 1.47 bits per heavy atom. The standard InChI is InChI=1S/C15H18N2OS/c1-9-3-2-4-11-12(16)14(19-13(9)11)15(18)17-8-7-10-5-6-10/h2-4,10H,5-8,16H2,1H3,(H,17,18). The number of benzene rings is 1. The fraction of sp³-hybridized carbons (Fsp3) is 0.400. The smallest absolute Gasteiger partial charge is 0.263 e. The van der Waals surface area contributed by atoms with Gasteiger partial charge in [0.1, 0.15) is 4.88 Å². The van der Waals surface area contributed by atoms with Crippen molar-refractivity contribution in [3.63, 3.8) is 0 Å². The van der Waals surface area contributed by atoms with E-state index in [2.05, 4.69) is 5.32 Å². The zero-order valence-corrected chi connectivity index (χ0v) is 11.8. The number of carbonyl (C=O) groups excluding carboxylic acids is 1. The number of amides is 1. The number of nitrogens with one attached hydrogen (secondary N) is 1. The molecule has 2 aromatic rings. The molecular weight excluding hydrogens is 256 g/mol. The van der Waals surface area contributed by atoms with E-state index in [4.69, 9.17) is 5.73 Å². The van der Waals surface area contributed by atoms with Crippen LogP contribution >= 0.6 is 11.3 Å². The van der Waals surface area contributed by atoms with Gasteiger partial charge < -0.3 is 11.1 Å². The van der Waals surface area contributed by atoms with Crippen LogP contribution in [-0.2, 0) is 0 Å². The summed E-state index contributed by atoms with van der Waals surface area (Å²) in [5, 5.41) is 3.98. The second kappa shape index (κ2) is 4.85. The lowest BCUT2D eigenvalue weighted by Crippen LogP contribution is -2.24. The molecule has 0 atom stereocenters. The van der Waals surface area contributed by atoms with E-state index in [-0.39, 0.29) is 5.91 Å². The van der Waals surface area contributed by atoms with Crippen LogP contribution in [0.3, 0.4) is 0 Å². The molecule has 1 aliphatic carbocycles. The molecule has 1 saturated carbocycles. The molecule has 1 aromatic heterocycles. The molecule has 1 fully saturated rings. The summed E-state index contributed by atoms with van der Waals surface area (Å²) in [5.41, 5.74) is 7.89. The van der Waals surface area contributed by atoms with E-state index in [1.54, 1.807) is 0 Å². The number of nitrogens with two attached hydrogens (primary N) is 1. The monoisotopic (exact) mass is 274 g/mol. The number of aryl methyl sites for hydroxylation is 1. The summed E-state index contributed by atoms with van der Waals surface area (Å²) < 4.78 is 1.12. The Morgan fingerprint density at radius 2 is 2.26 bits per heavy atom. The van der Waals surface area contributed by atoms with Gasteiger partial charge in [-0.2, -0.15) is 0 Å². The first-order valence-electron chi connectivity index (χ1n) is 6.72. The van der Waals surface area contributed by atoms with Crippen molar-refractivity contribution in [3.8, 4) is 0 Å². The number of carbonyl (C=O) groups is 1. The van der Waals surface area contributed by atoms with E-state index in [1.165, 1.54) is 29.7 Å². The van der Waals surface area contributed by atoms with Gasteiger partial charge in [0.2, 0.25) is 0 Å². The average molecular weight is 274 g/mol. The molecule has 3 nitrogen and oxygen atoms in total. The van der Waals surface area contributed by atoms with Crippen molar-refractivity contribution >= 4 is 33.0 Å². The lowest BCUT2D eigenvalue weighted by atomic mass is 10.1. The van der Waals surface area contributed by atoms with Crippen molar-refractivity contribution in [3.05, 3.63) is 28.6 Å². The predicted octanol–water partition coefficient (Wildman–Crippen LogP) is 3.32. The highest BCUT2D eigenvalue weighted by molar-refractivity contribution is 7.21. The van der Waals surface area contributed by atoms with Gasteiger partial charge in [0, 0.05) is 16.6 Å². The highest BCUT2D eigenvalue weighted by atomic mass is 32.1. The number of hydrogen-bond donors (Lipinski definition) is 2. The molecule has 0 spiro atoms. The Labute approximate surface area is 116 Å². The third-order valence-corrected chi connectivity index (χ3v) is 5.05. The van der Waals surface area contributed by atoms with E-state index in [0.29, 0.717) is 10.6 Å². The Bertz CT molecular complexity index is 628. The maximum absolute atomic E-state index is 12.2. The summed E-state index contributed by atoms with van der Waals surface area (Å²) in [6, 6.07) is 6.01. The van der Waals surface area contributed by atoms with Crippen molar-refractivity contribution in [2.24, 2.45) is 5.92 Å². The molecule has 1 heterocycles. The number of nitrogen functional groups attached to an aromatic ring is 1. The first-order chi connectivity index (χ1) is 9.16. The minimum atomic E-state index is -0.0289. The van der Waals surface area contributed by atoms with Crippen LogP contribution in [0.5, 0.6) is 0 Å². The largest absolute Gasteiger partial charge is 0.397 e. The Balaban J connectivity index is 1.80. The molecule has 4 heteroatoms. The van der Waals surface area contributed by atoms with E-state index < -0.39 is 0 Å². The zero-order chi connectivity index (χ0) is 13.4. The first kappa shape index (κ1) is 12.5. The summed E-state index contributed by atoms with van der Waals surface area (Å²) in [6.45, 7) is 2.81. The molecule has 1 aromatic carbocycles. The van der Waals surface area contributed by atoms with Crippen molar-refractivity contribution in [1.29, 1.82) is 0 Å².